The SMILES string of the molecule is C=C(O/N=C/C(CC)CCC)C1CCCNC1. The van der Waals surface area contributed by atoms with Crippen LogP contribution in [-0.4, -0.2) is 19.3 Å². The van der Waals surface area contributed by atoms with Crippen LogP contribution in [0.15, 0.2) is 17.5 Å². The highest BCUT2D eigenvalue weighted by molar-refractivity contribution is 5.59. The lowest BCUT2D eigenvalue weighted by atomic mass is 9.98. The second-order valence-corrected chi connectivity index (χ2v) is 4.81. The smallest absolute Gasteiger partial charge is 0.132 e. The summed E-state index contributed by atoms with van der Waals surface area (Å²) in [6.07, 6.45) is 7.79. The third-order valence-corrected chi connectivity index (χ3v) is 3.38. The Morgan fingerprint density at radius 1 is 1.59 bits per heavy atom. The Hall–Kier alpha value is -0.830. The number of hydrogen-bond donors (Lipinski definition) is 1. The molecule has 0 amide bonds. The molecule has 1 heterocycles. The van der Waals surface area contributed by atoms with E-state index in [1.54, 1.807) is 0 Å². The number of piperidine rings is 1. The molecule has 2 atom stereocenters. The van der Waals surface area contributed by atoms with Crippen LogP contribution in [0, 0.1) is 11.8 Å². The third-order valence-electron chi connectivity index (χ3n) is 3.38. The highest BCUT2D eigenvalue weighted by Gasteiger charge is 2.17. The number of oxime groups is 1. The van der Waals surface area contributed by atoms with Crippen molar-refractivity contribution in [3.8, 4) is 0 Å². The van der Waals surface area contributed by atoms with Crippen LogP contribution in [0.1, 0.15) is 46.0 Å². The predicted octanol–water partition coefficient (Wildman–Crippen LogP) is 3.33. The second-order valence-electron chi connectivity index (χ2n) is 4.81. The Morgan fingerprint density at radius 3 is 3.00 bits per heavy atom. The normalized spacial score (nSPS) is 22.6. The molecule has 0 aromatic carbocycles. The van der Waals surface area contributed by atoms with E-state index in [1.807, 2.05) is 6.21 Å². The van der Waals surface area contributed by atoms with Crippen LogP contribution < -0.4 is 5.32 Å². The van der Waals surface area contributed by atoms with Gasteiger partial charge in [-0.3, -0.25) is 0 Å². The molecule has 0 aliphatic carbocycles. The average Bonchev–Trinajstić information content (AvgIpc) is 2.38. The van der Waals surface area contributed by atoms with Gasteiger partial charge in [0, 0.05) is 18.7 Å². The minimum Gasteiger partial charge on any atom is -0.362 e. The highest BCUT2D eigenvalue weighted by Crippen LogP contribution is 2.19. The van der Waals surface area contributed by atoms with Crippen molar-refractivity contribution in [3.05, 3.63) is 12.3 Å². The van der Waals surface area contributed by atoms with Gasteiger partial charge in [-0.2, -0.15) is 0 Å². The van der Waals surface area contributed by atoms with Gasteiger partial charge < -0.3 is 10.2 Å². The van der Waals surface area contributed by atoms with E-state index in [4.69, 9.17) is 4.84 Å². The van der Waals surface area contributed by atoms with Gasteiger partial charge in [0.05, 0.1) is 0 Å². The maximum Gasteiger partial charge on any atom is 0.132 e. The predicted molar refractivity (Wildman–Crippen MR) is 73.0 cm³/mol. The second kappa shape index (κ2) is 8.29. The van der Waals surface area contributed by atoms with Crippen molar-refractivity contribution >= 4 is 6.21 Å². The van der Waals surface area contributed by atoms with Gasteiger partial charge in [-0.25, -0.2) is 0 Å². The van der Waals surface area contributed by atoms with E-state index < -0.39 is 0 Å². The molecule has 1 aliphatic heterocycles. The van der Waals surface area contributed by atoms with Crippen molar-refractivity contribution in [2.75, 3.05) is 13.1 Å². The molecule has 0 aromatic rings. The molecule has 0 spiro atoms. The molecule has 1 fully saturated rings. The lowest BCUT2D eigenvalue weighted by Gasteiger charge is -2.22. The summed E-state index contributed by atoms with van der Waals surface area (Å²) in [6.45, 7) is 10.4. The van der Waals surface area contributed by atoms with E-state index in [-0.39, 0.29) is 0 Å². The minimum absolute atomic E-state index is 0.423. The summed E-state index contributed by atoms with van der Waals surface area (Å²) in [7, 11) is 0. The van der Waals surface area contributed by atoms with Crippen molar-refractivity contribution < 1.29 is 4.84 Å². The zero-order chi connectivity index (χ0) is 12.5. The van der Waals surface area contributed by atoms with Crippen molar-refractivity contribution in [1.29, 1.82) is 0 Å². The molecule has 2 unspecified atom stereocenters. The van der Waals surface area contributed by atoms with Crippen molar-refractivity contribution in [2.45, 2.75) is 46.0 Å². The summed E-state index contributed by atoms with van der Waals surface area (Å²) in [6, 6.07) is 0. The van der Waals surface area contributed by atoms with E-state index in [2.05, 4.69) is 30.9 Å². The van der Waals surface area contributed by atoms with E-state index in [0.29, 0.717) is 11.8 Å². The van der Waals surface area contributed by atoms with Gasteiger partial charge >= 0.3 is 0 Å². The largest absolute Gasteiger partial charge is 0.362 e. The molecule has 1 rings (SSSR count). The number of hydrogen-bond acceptors (Lipinski definition) is 3. The molecule has 0 saturated carbocycles. The Balaban J connectivity index is 2.28. The summed E-state index contributed by atoms with van der Waals surface area (Å²) in [5, 5.41) is 7.44. The zero-order valence-electron chi connectivity index (χ0n) is 11.2. The van der Waals surface area contributed by atoms with Crippen molar-refractivity contribution in [2.24, 2.45) is 17.0 Å². The Bertz CT molecular complexity index is 245. The van der Waals surface area contributed by atoms with Crippen LogP contribution in [0.3, 0.4) is 0 Å². The monoisotopic (exact) mass is 238 g/mol. The Kier molecular flexibility index (Phi) is 6.94. The fourth-order valence-corrected chi connectivity index (χ4v) is 2.14. The van der Waals surface area contributed by atoms with Gasteiger partial charge in [-0.05, 0) is 38.1 Å². The maximum atomic E-state index is 5.40. The van der Waals surface area contributed by atoms with Crippen LogP contribution >= 0.6 is 0 Å². The summed E-state index contributed by atoms with van der Waals surface area (Å²) in [5.41, 5.74) is 0. The van der Waals surface area contributed by atoms with Gasteiger partial charge in [-0.15, -0.1) is 0 Å². The van der Waals surface area contributed by atoms with Gasteiger partial charge in [0.1, 0.15) is 5.76 Å². The quantitative estimate of drug-likeness (QED) is 0.419. The summed E-state index contributed by atoms with van der Waals surface area (Å²) in [4.78, 5) is 5.40. The first-order valence-corrected chi connectivity index (χ1v) is 6.87. The lowest BCUT2D eigenvalue weighted by molar-refractivity contribution is 0.176. The van der Waals surface area contributed by atoms with Crippen LogP contribution in [0.25, 0.3) is 0 Å². The molecular weight excluding hydrogens is 212 g/mol. The van der Waals surface area contributed by atoms with Crippen molar-refractivity contribution in [3.63, 3.8) is 0 Å². The Morgan fingerprint density at radius 2 is 2.41 bits per heavy atom. The van der Waals surface area contributed by atoms with E-state index in [9.17, 15) is 0 Å². The number of nitrogens with zero attached hydrogens (tertiary/aromatic N) is 1. The minimum atomic E-state index is 0.423. The summed E-state index contributed by atoms with van der Waals surface area (Å²) < 4.78 is 0. The molecule has 3 heteroatoms. The molecule has 0 aromatic heterocycles. The standard InChI is InChI=1S/C14H26N2O/c1-4-7-13(5-2)10-16-17-12(3)14-8-6-9-15-11-14/h10,13-15H,3-9,11H2,1-2H3/b16-10+. The van der Waals surface area contributed by atoms with Gasteiger partial charge in [0.15, 0.2) is 0 Å². The molecule has 1 saturated heterocycles. The molecular formula is C14H26N2O. The van der Waals surface area contributed by atoms with E-state index in [0.717, 1.165) is 31.7 Å². The molecule has 1 N–H and O–H groups in total. The molecule has 98 valence electrons. The highest BCUT2D eigenvalue weighted by atomic mass is 16.6. The summed E-state index contributed by atoms with van der Waals surface area (Å²) in [5.74, 6) is 1.77. The van der Waals surface area contributed by atoms with Gasteiger partial charge in [0.2, 0.25) is 0 Å². The topological polar surface area (TPSA) is 33.6 Å². The van der Waals surface area contributed by atoms with Crippen LogP contribution in [0.2, 0.25) is 0 Å². The molecule has 17 heavy (non-hydrogen) atoms. The molecule has 0 radical (unpaired) electrons. The van der Waals surface area contributed by atoms with Crippen molar-refractivity contribution in [1.82, 2.24) is 5.32 Å². The summed E-state index contributed by atoms with van der Waals surface area (Å²) >= 11 is 0. The fourth-order valence-electron chi connectivity index (χ4n) is 2.14. The zero-order valence-corrected chi connectivity index (χ0v) is 11.2. The van der Waals surface area contributed by atoms with Crippen LogP contribution in [0.5, 0.6) is 0 Å². The molecule has 1 aliphatic rings. The Labute approximate surface area is 105 Å². The van der Waals surface area contributed by atoms with Crippen LogP contribution in [-0.2, 0) is 4.84 Å². The third kappa shape index (κ3) is 5.35. The molecule has 0 bridgehead atoms. The van der Waals surface area contributed by atoms with Gasteiger partial charge in [-0.1, -0.05) is 32.0 Å². The maximum absolute atomic E-state index is 5.40. The van der Waals surface area contributed by atoms with Gasteiger partial charge in [0.25, 0.3) is 0 Å². The molecule has 3 nitrogen and oxygen atoms in total. The van der Waals surface area contributed by atoms with E-state index in [1.165, 1.54) is 19.3 Å². The first-order valence-electron chi connectivity index (χ1n) is 6.87. The van der Waals surface area contributed by atoms with E-state index >= 15 is 0 Å². The number of nitrogens with one attached hydrogen (secondary N) is 1. The first-order chi connectivity index (χ1) is 8.27. The lowest BCUT2D eigenvalue weighted by Crippen LogP contribution is -2.30. The van der Waals surface area contributed by atoms with Crippen LogP contribution in [0.4, 0.5) is 0 Å². The first kappa shape index (κ1) is 14.2. The fraction of sp³-hybridized carbons (Fsp3) is 0.786. The number of rotatable bonds is 7. The average molecular weight is 238 g/mol.